The second kappa shape index (κ2) is 5.97. The molecule has 1 amide bonds. The highest BCUT2D eigenvalue weighted by Crippen LogP contribution is 2.29. The molecule has 2 aromatic heterocycles. The van der Waals surface area contributed by atoms with Crippen LogP contribution in [0.4, 0.5) is 0 Å². The summed E-state index contributed by atoms with van der Waals surface area (Å²) in [6, 6.07) is 8.17. The molecule has 5 heterocycles. The summed E-state index contributed by atoms with van der Waals surface area (Å²) in [5.74, 6) is 0.655. The van der Waals surface area contributed by atoms with Gasteiger partial charge in [-0.05, 0) is 61.5 Å². The van der Waals surface area contributed by atoms with Crippen molar-refractivity contribution in [1.82, 2.24) is 20.4 Å². The van der Waals surface area contributed by atoms with Crippen molar-refractivity contribution in [3.63, 3.8) is 0 Å². The van der Waals surface area contributed by atoms with E-state index in [-0.39, 0.29) is 11.9 Å². The van der Waals surface area contributed by atoms with Crippen LogP contribution in [0, 0.1) is 5.92 Å². The number of fused-ring (bicyclic) bond motifs is 4. The molecule has 1 aromatic carbocycles. The van der Waals surface area contributed by atoms with Gasteiger partial charge in [-0.2, -0.15) is 16.4 Å². The zero-order valence-electron chi connectivity index (χ0n) is 13.9. The van der Waals surface area contributed by atoms with E-state index in [1.807, 2.05) is 23.6 Å². The van der Waals surface area contributed by atoms with E-state index in [0.717, 1.165) is 28.7 Å². The molecule has 3 aliphatic heterocycles. The van der Waals surface area contributed by atoms with Gasteiger partial charge in [0.2, 0.25) is 0 Å². The summed E-state index contributed by atoms with van der Waals surface area (Å²) in [4.78, 5) is 15.2. The molecular formula is C19H20N4OS. The second-order valence-corrected chi connectivity index (χ2v) is 7.84. The van der Waals surface area contributed by atoms with E-state index in [1.54, 1.807) is 11.3 Å². The Kier molecular flexibility index (Phi) is 3.60. The summed E-state index contributed by atoms with van der Waals surface area (Å²) >= 11 is 1.66. The number of rotatable bonds is 3. The Morgan fingerprint density at radius 2 is 2.16 bits per heavy atom. The molecule has 0 aliphatic carbocycles. The first-order valence-corrected chi connectivity index (χ1v) is 9.76. The largest absolute Gasteiger partial charge is 0.348 e. The van der Waals surface area contributed by atoms with Gasteiger partial charge in [-0.3, -0.25) is 9.89 Å². The minimum atomic E-state index is 0.0207. The lowest BCUT2D eigenvalue weighted by molar-refractivity contribution is 0.0620. The van der Waals surface area contributed by atoms with Gasteiger partial charge in [-0.15, -0.1) is 0 Å². The fourth-order valence-corrected chi connectivity index (χ4v) is 4.80. The van der Waals surface area contributed by atoms with Gasteiger partial charge in [-0.1, -0.05) is 0 Å². The van der Waals surface area contributed by atoms with Crippen LogP contribution >= 0.6 is 11.3 Å². The topological polar surface area (TPSA) is 61.0 Å². The smallest absolute Gasteiger partial charge is 0.251 e. The summed E-state index contributed by atoms with van der Waals surface area (Å²) in [6.45, 7) is 3.36. The fourth-order valence-electron chi connectivity index (χ4n) is 4.16. The SMILES string of the molecule is O=C(N[C@H]1CN2CCC1CC2)c1ccc2c(-c3ccsc3)n[nH]c2c1. The average molecular weight is 352 g/mol. The standard InChI is InChI=1S/C19H20N4OS/c24-19(20-17-10-23-6-3-12(17)4-7-23)13-1-2-15-16(9-13)21-22-18(15)14-5-8-25-11-14/h1-2,5,8-9,11-12,17H,3-4,6-7,10H2,(H,20,24)(H,21,22)/t17-/m0/s1. The maximum absolute atomic E-state index is 12.7. The highest BCUT2D eigenvalue weighted by atomic mass is 32.1. The number of H-pyrrole nitrogens is 1. The van der Waals surface area contributed by atoms with E-state index < -0.39 is 0 Å². The Morgan fingerprint density at radius 1 is 1.28 bits per heavy atom. The predicted octanol–water partition coefficient (Wildman–Crippen LogP) is 3.12. The first-order valence-electron chi connectivity index (χ1n) is 8.82. The fraction of sp³-hybridized carbons (Fsp3) is 0.368. The van der Waals surface area contributed by atoms with Crippen LogP contribution in [0.2, 0.25) is 0 Å². The molecule has 6 rings (SSSR count). The number of aromatic amines is 1. The summed E-state index contributed by atoms with van der Waals surface area (Å²) < 4.78 is 0. The molecule has 2 N–H and O–H groups in total. The molecule has 2 bridgehead atoms. The maximum Gasteiger partial charge on any atom is 0.251 e. The molecule has 6 heteroatoms. The van der Waals surface area contributed by atoms with Gasteiger partial charge in [-0.25, -0.2) is 0 Å². The third kappa shape index (κ3) is 2.65. The number of aromatic nitrogens is 2. The normalized spacial score (nSPS) is 25.4. The summed E-state index contributed by atoms with van der Waals surface area (Å²) in [7, 11) is 0. The zero-order chi connectivity index (χ0) is 16.8. The Bertz CT molecular complexity index is 909. The number of hydrogen-bond acceptors (Lipinski definition) is 4. The maximum atomic E-state index is 12.7. The molecule has 0 spiro atoms. The number of carbonyl (C=O) groups excluding carboxylic acids is 1. The van der Waals surface area contributed by atoms with E-state index in [0.29, 0.717) is 11.5 Å². The molecule has 128 valence electrons. The van der Waals surface area contributed by atoms with Crippen LogP contribution < -0.4 is 5.32 Å². The highest BCUT2D eigenvalue weighted by Gasteiger charge is 2.34. The van der Waals surface area contributed by atoms with Gasteiger partial charge in [0.15, 0.2) is 0 Å². The zero-order valence-corrected chi connectivity index (χ0v) is 14.7. The van der Waals surface area contributed by atoms with Gasteiger partial charge >= 0.3 is 0 Å². The molecule has 0 radical (unpaired) electrons. The van der Waals surface area contributed by atoms with Crippen molar-refractivity contribution in [1.29, 1.82) is 0 Å². The molecular weight excluding hydrogens is 332 g/mol. The van der Waals surface area contributed by atoms with E-state index in [2.05, 4.69) is 31.9 Å². The van der Waals surface area contributed by atoms with Gasteiger partial charge < -0.3 is 10.2 Å². The quantitative estimate of drug-likeness (QED) is 0.761. The van der Waals surface area contributed by atoms with Gasteiger partial charge in [0.05, 0.1) is 5.52 Å². The molecule has 3 aromatic rings. The van der Waals surface area contributed by atoms with Gasteiger partial charge in [0, 0.05) is 34.5 Å². The first kappa shape index (κ1) is 15.1. The number of piperidine rings is 3. The third-order valence-electron chi connectivity index (χ3n) is 5.59. The second-order valence-electron chi connectivity index (χ2n) is 7.06. The number of thiophene rings is 1. The summed E-state index contributed by atoms with van der Waals surface area (Å²) in [6.07, 6.45) is 2.41. The summed E-state index contributed by atoms with van der Waals surface area (Å²) in [5, 5.41) is 15.9. The molecule has 0 saturated carbocycles. The van der Waals surface area contributed by atoms with Crippen molar-refractivity contribution in [3.8, 4) is 11.3 Å². The number of amides is 1. The molecule has 3 fully saturated rings. The van der Waals surface area contributed by atoms with Gasteiger partial charge in [0.1, 0.15) is 5.69 Å². The van der Waals surface area contributed by atoms with Crippen molar-refractivity contribution < 1.29 is 4.79 Å². The number of carbonyl (C=O) groups is 1. The average Bonchev–Trinajstić information content (AvgIpc) is 3.31. The van der Waals surface area contributed by atoms with E-state index in [1.165, 1.54) is 25.9 Å². The number of benzene rings is 1. The van der Waals surface area contributed by atoms with Crippen molar-refractivity contribution in [3.05, 3.63) is 40.6 Å². The first-order chi connectivity index (χ1) is 12.3. The van der Waals surface area contributed by atoms with Crippen molar-refractivity contribution in [2.24, 2.45) is 5.92 Å². The minimum absolute atomic E-state index is 0.0207. The van der Waals surface area contributed by atoms with Gasteiger partial charge in [0.25, 0.3) is 5.91 Å². The number of nitrogens with one attached hydrogen (secondary N) is 2. The van der Waals surface area contributed by atoms with Crippen LogP contribution in [-0.2, 0) is 0 Å². The lowest BCUT2D eigenvalue weighted by Crippen LogP contribution is -2.57. The van der Waals surface area contributed by atoms with E-state index in [4.69, 9.17) is 0 Å². The lowest BCUT2D eigenvalue weighted by atomic mass is 9.84. The predicted molar refractivity (Wildman–Crippen MR) is 99.8 cm³/mol. The van der Waals surface area contributed by atoms with E-state index in [9.17, 15) is 4.79 Å². The Morgan fingerprint density at radius 3 is 2.88 bits per heavy atom. The molecule has 3 aliphatic rings. The molecule has 1 atom stereocenters. The lowest BCUT2D eigenvalue weighted by Gasteiger charge is -2.44. The van der Waals surface area contributed by atoms with Crippen LogP contribution in [0.1, 0.15) is 23.2 Å². The molecule has 0 unspecified atom stereocenters. The van der Waals surface area contributed by atoms with Crippen molar-refractivity contribution in [2.75, 3.05) is 19.6 Å². The van der Waals surface area contributed by atoms with Crippen LogP contribution in [0.5, 0.6) is 0 Å². The van der Waals surface area contributed by atoms with Crippen LogP contribution in [-0.4, -0.2) is 46.7 Å². The van der Waals surface area contributed by atoms with Crippen LogP contribution in [0.3, 0.4) is 0 Å². The van der Waals surface area contributed by atoms with Crippen LogP contribution in [0.25, 0.3) is 22.2 Å². The molecule has 5 nitrogen and oxygen atoms in total. The van der Waals surface area contributed by atoms with Crippen molar-refractivity contribution in [2.45, 2.75) is 18.9 Å². The summed E-state index contributed by atoms with van der Waals surface area (Å²) in [5.41, 5.74) is 3.66. The monoisotopic (exact) mass is 352 g/mol. The highest BCUT2D eigenvalue weighted by molar-refractivity contribution is 7.08. The number of hydrogen-bond donors (Lipinski definition) is 2. The Balaban J connectivity index is 1.39. The Labute approximate surface area is 150 Å². The van der Waals surface area contributed by atoms with Crippen LogP contribution in [0.15, 0.2) is 35.0 Å². The van der Waals surface area contributed by atoms with E-state index >= 15 is 0 Å². The molecule has 3 saturated heterocycles. The third-order valence-corrected chi connectivity index (χ3v) is 6.28. The minimum Gasteiger partial charge on any atom is -0.348 e. The number of nitrogens with zero attached hydrogens (tertiary/aromatic N) is 2. The van der Waals surface area contributed by atoms with Crippen molar-refractivity contribution >= 4 is 28.1 Å². The molecule has 25 heavy (non-hydrogen) atoms. The Hall–Kier alpha value is -2.18.